The SMILES string of the molecule is CCNC(=NCc1cccc(COC)c1)NCCN(C(C)C)C(C)C.I. The predicted molar refractivity (Wildman–Crippen MR) is 122 cm³/mol. The molecule has 0 aromatic heterocycles. The number of benzene rings is 1. The summed E-state index contributed by atoms with van der Waals surface area (Å²) in [4.78, 5) is 7.18. The number of methoxy groups -OCH3 is 1. The standard InChI is InChI=1S/C20H36N4O.HI/c1-7-21-20(22-11-12-24(16(2)3)17(4)5)23-14-18-9-8-10-19(13-18)15-25-6;/h8-10,13,16-17H,7,11-12,14-15H2,1-6H3,(H2,21,22,23);1H. The van der Waals surface area contributed by atoms with Gasteiger partial charge in [0.25, 0.3) is 0 Å². The Morgan fingerprint density at radius 3 is 2.35 bits per heavy atom. The van der Waals surface area contributed by atoms with E-state index in [2.05, 4.69) is 74.4 Å². The topological polar surface area (TPSA) is 48.9 Å². The number of hydrogen-bond acceptors (Lipinski definition) is 3. The van der Waals surface area contributed by atoms with Crippen LogP contribution >= 0.6 is 24.0 Å². The van der Waals surface area contributed by atoms with Crippen molar-refractivity contribution in [2.45, 2.75) is 59.9 Å². The van der Waals surface area contributed by atoms with Crippen LogP contribution in [0.15, 0.2) is 29.3 Å². The van der Waals surface area contributed by atoms with Gasteiger partial charge in [0, 0.05) is 38.8 Å². The molecule has 0 aliphatic heterocycles. The zero-order valence-corrected chi connectivity index (χ0v) is 19.5. The average molecular weight is 476 g/mol. The summed E-state index contributed by atoms with van der Waals surface area (Å²) in [6.07, 6.45) is 0. The first-order valence-corrected chi connectivity index (χ1v) is 9.32. The molecule has 5 nitrogen and oxygen atoms in total. The summed E-state index contributed by atoms with van der Waals surface area (Å²) in [5, 5.41) is 6.76. The molecule has 0 spiro atoms. The van der Waals surface area contributed by atoms with Crippen LogP contribution in [-0.2, 0) is 17.9 Å². The van der Waals surface area contributed by atoms with E-state index >= 15 is 0 Å². The Bertz CT molecular complexity index is 512. The van der Waals surface area contributed by atoms with Gasteiger partial charge in [-0.2, -0.15) is 0 Å². The first-order valence-electron chi connectivity index (χ1n) is 9.32. The number of nitrogens with zero attached hydrogens (tertiary/aromatic N) is 2. The van der Waals surface area contributed by atoms with Crippen molar-refractivity contribution < 1.29 is 4.74 Å². The zero-order chi connectivity index (χ0) is 18.7. The highest BCUT2D eigenvalue weighted by atomic mass is 127. The van der Waals surface area contributed by atoms with Crippen LogP contribution in [0, 0.1) is 0 Å². The fourth-order valence-electron chi connectivity index (χ4n) is 2.91. The van der Waals surface area contributed by atoms with Gasteiger partial charge in [-0.25, -0.2) is 4.99 Å². The predicted octanol–water partition coefficient (Wildman–Crippen LogP) is 3.62. The molecule has 1 rings (SSSR count). The molecule has 0 radical (unpaired) electrons. The van der Waals surface area contributed by atoms with Gasteiger partial charge in [0.05, 0.1) is 13.2 Å². The summed E-state index contributed by atoms with van der Waals surface area (Å²) in [6.45, 7) is 15.1. The van der Waals surface area contributed by atoms with E-state index in [0.29, 0.717) is 25.2 Å². The Morgan fingerprint density at radius 2 is 1.77 bits per heavy atom. The molecule has 0 heterocycles. The van der Waals surface area contributed by atoms with Crippen LogP contribution in [0.5, 0.6) is 0 Å². The Kier molecular flexibility index (Phi) is 13.8. The smallest absolute Gasteiger partial charge is 0.191 e. The molecule has 1 aromatic rings. The van der Waals surface area contributed by atoms with E-state index in [1.807, 2.05) is 0 Å². The van der Waals surface area contributed by atoms with Crippen LogP contribution in [0.3, 0.4) is 0 Å². The number of ether oxygens (including phenoxy) is 1. The van der Waals surface area contributed by atoms with Crippen LogP contribution in [0.4, 0.5) is 0 Å². The third kappa shape index (κ3) is 9.73. The molecule has 0 aliphatic carbocycles. The zero-order valence-electron chi connectivity index (χ0n) is 17.2. The van der Waals surface area contributed by atoms with Crippen LogP contribution in [0.2, 0.25) is 0 Å². The molecule has 0 aliphatic rings. The molecule has 0 amide bonds. The average Bonchev–Trinajstić information content (AvgIpc) is 2.56. The number of aliphatic imine (C=N–C) groups is 1. The summed E-state index contributed by atoms with van der Waals surface area (Å²) in [7, 11) is 1.72. The minimum Gasteiger partial charge on any atom is -0.380 e. The summed E-state index contributed by atoms with van der Waals surface area (Å²) < 4.78 is 5.20. The Labute approximate surface area is 177 Å². The number of rotatable bonds is 10. The van der Waals surface area contributed by atoms with Gasteiger partial charge in [-0.3, -0.25) is 4.90 Å². The van der Waals surface area contributed by atoms with Gasteiger partial charge < -0.3 is 15.4 Å². The van der Waals surface area contributed by atoms with E-state index in [9.17, 15) is 0 Å². The highest BCUT2D eigenvalue weighted by molar-refractivity contribution is 14.0. The minimum atomic E-state index is 0. The van der Waals surface area contributed by atoms with Crippen LogP contribution < -0.4 is 10.6 Å². The van der Waals surface area contributed by atoms with Crippen LogP contribution in [0.1, 0.15) is 45.7 Å². The van der Waals surface area contributed by atoms with Gasteiger partial charge in [0.2, 0.25) is 0 Å². The highest BCUT2D eigenvalue weighted by Crippen LogP contribution is 2.07. The third-order valence-electron chi connectivity index (χ3n) is 4.06. The first-order chi connectivity index (χ1) is 12.0. The first kappa shape index (κ1) is 25.1. The molecule has 0 unspecified atom stereocenters. The third-order valence-corrected chi connectivity index (χ3v) is 4.06. The number of nitrogens with one attached hydrogen (secondary N) is 2. The Balaban J connectivity index is 0.00000625. The quantitative estimate of drug-likeness (QED) is 0.308. The lowest BCUT2D eigenvalue weighted by molar-refractivity contribution is 0.178. The van der Waals surface area contributed by atoms with Gasteiger partial charge >= 0.3 is 0 Å². The lowest BCUT2D eigenvalue weighted by atomic mass is 10.1. The number of halogens is 1. The second-order valence-corrected chi connectivity index (χ2v) is 6.80. The van der Waals surface area contributed by atoms with E-state index in [4.69, 9.17) is 9.73 Å². The molecule has 1 aromatic carbocycles. The lowest BCUT2D eigenvalue weighted by Gasteiger charge is -2.30. The number of guanidine groups is 1. The molecule has 2 N–H and O–H groups in total. The van der Waals surface area contributed by atoms with Gasteiger partial charge in [-0.15, -0.1) is 24.0 Å². The highest BCUT2D eigenvalue weighted by Gasteiger charge is 2.12. The maximum absolute atomic E-state index is 5.20. The minimum absolute atomic E-state index is 0. The maximum atomic E-state index is 5.20. The monoisotopic (exact) mass is 476 g/mol. The van der Waals surface area contributed by atoms with Crippen molar-refractivity contribution in [3.63, 3.8) is 0 Å². The summed E-state index contributed by atoms with van der Waals surface area (Å²) in [5.41, 5.74) is 2.37. The molecular weight excluding hydrogens is 439 g/mol. The molecule has 0 saturated carbocycles. The van der Waals surface area contributed by atoms with E-state index in [0.717, 1.165) is 25.6 Å². The lowest BCUT2D eigenvalue weighted by Crippen LogP contribution is -2.45. The molecule has 0 saturated heterocycles. The van der Waals surface area contributed by atoms with Crippen molar-refractivity contribution in [2.24, 2.45) is 4.99 Å². The van der Waals surface area contributed by atoms with Crippen molar-refractivity contribution in [3.8, 4) is 0 Å². The maximum Gasteiger partial charge on any atom is 0.191 e. The van der Waals surface area contributed by atoms with Crippen molar-refractivity contribution in [3.05, 3.63) is 35.4 Å². The molecule has 26 heavy (non-hydrogen) atoms. The Hall–Kier alpha value is -0.860. The number of hydrogen-bond donors (Lipinski definition) is 2. The van der Waals surface area contributed by atoms with E-state index in [1.54, 1.807) is 7.11 Å². The largest absolute Gasteiger partial charge is 0.380 e. The molecular formula is C20H37IN4O. The second-order valence-electron chi connectivity index (χ2n) is 6.80. The van der Waals surface area contributed by atoms with E-state index < -0.39 is 0 Å². The fourth-order valence-corrected chi connectivity index (χ4v) is 2.91. The molecule has 6 heteroatoms. The van der Waals surface area contributed by atoms with Crippen molar-refractivity contribution in [2.75, 3.05) is 26.7 Å². The van der Waals surface area contributed by atoms with Gasteiger partial charge in [0.15, 0.2) is 5.96 Å². The van der Waals surface area contributed by atoms with Crippen LogP contribution in [0.25, 0.3) is 0 Å². The van der Waals surface area contributed by atoms with Crippen molar-refractivity contribution >= 4 is 29.9 Å². The molecule has 0 atom stereocenters. The van der Waals surface area contributed by atoms with Crippen LogP contribution in [-0.4, -0.2) is 49.7 Å². The molecule has 150 valence electrons. The van der Waals surface area contributed by atoms with Gasteiger partial charge in [-0.1, -0.05) is 24.3 Å². The second kappa shape index (κ2) is 14.2. The molecule has 0 fully saturated rings. The Morgan fingerprint density at radius 1 is 1.12 bits per heavy atom. The summed E-state index contributed by atoms with van der Waals surface area (Å²) >= 11 is 0. The summed E-state index contributed by atoms with van der Waals surface area (Å²) in [6, 6.07) is 9.48. The van der Waals surface area contributed by atoms with E-state index in [-0.39, 0.29) is 24.0 Å². The van der Waals surface area contributed by atoms with Crippen molar-refractivity contribution in [1.82, 2.24) is 15.5 Å². The fraction of sp³-hybridized carbons (Fsp3) is 0.650. The normalized spacial score (nSPS) is 11.8. The summed E-state index contributed by atoms with van der Waals surface area (Å²) in [5.74, 6) is 0.868. The van der Waals surface area contributed by atoms with E-state index in [1.165, 1.54) is 11.1 Å². The van der Waals surface area contributed by atoms with Crippen molar-refractivity contribution in [1.29, 1.82) is 0 Å². The van der Waals surface area contributed by atoms with Gasteiger partial charge in [-0.05, 0) is 45.7 Å². The molecule has 0 bridgehead atoms. The van der Waals surface area contributed by atoms with Gasteiger partial charge in [0.1, 0.15) is 0 Å².